The van der Waals surface area contributed by atoms with E-state index in [1.165, 1.54) is 6.07 Å². The van der Waals surface area contributed by atoms with Gasteiger partial charge in [-0.2, -0.15) is 0 Å². The Morgan fingerprint density at radius 3 is 3.00 bits per heavy atom. The number of nitrogens with one attached hydrogen (secondary N) is 1. The molecule has 1 aliphatic rings. The average molecular weight is 245 g/mol. The van der Waals surface area contributed by atoms with E-state index in [2.05, 4.69) is 10.3 Å². The Morgan fingerprint density at radius 1 is 1.60 bits per heavy atom. The molecule has 0 aromatic heterocycles. The quantitative estimate of drug-likeness (QED) is 0.819. The number of aliphatic imine (C=N–C) groups is 1. The first-order chi connectivity index (χ1) is 7.15. The molecule has 0 spiro atoms. The molecule has 80 valence electrons. The highest BCUT2D eigenvalue weighted by atomic mass is 35.5. The van der Waals surface area contributed by atoms with Gasteiger partial charge in [0, 0.05) is 10.8 Å². The zero-order valence-electron chi connectivity index (χ0n) is 8.13. The van der Waals surface area contributed by atoms with Gasteiger partial charge in [0.05, 0.1) is 11.7 Å². The fraction of sp³-hybridized carbons (Fsp3) is 0.300. The molecular formula is C10H10ClFN2S. The number of benzene rings is 1. The molecule has 1 atom stereocenters. The maximum atomic E-state index is 13.4. The van der Waals surface area contributed by atoms with E-state index in [9.17, 15) is 4.39 Å². The highest BCUT2D eigenvalue weighted by Gasteiger charge is 2.15. The minimum atomic E-state index is -0.356. The Hall–Kier alpha value is -0.740. The third kappa shape index (κ3) is 2.63. The number of amidine groups is 1. The number of anilines is 1. The van der Waals surface area contributed by atoms with Crippen molar-refractivity contribution in [3.8, 4) is 0 Å². The lowest BCUT2D eigenvalue weighted by molar-refractivity contribution is 0.632. The molecule has 0 aliphatic carbocycles. The summed E-state index contributed by atoms with van der Waals surface area (Å²) in [6.45, 7) is 2.03. The normalized spacial score (nSPS) is 20.2. The topological polar surface area (TPSA) is 24.4 Å². The molecule has 1 aliphatic heterocycles. The molecule has 5 heteroatoms. The summed E-state index contributed by atoms with van der Waals surface area (Å²) in [6.07, 6.45) is 0. The van der Waals surface area contributed by atoms with Crippen molar-refractivity contribution >= 4 is 34.2 Å². The second-order valence-electron chi connectivity index (χ2n) is 3.34. The van der Waals surface area contributed by atoms with E-state index in [4.69, 9.17) is 11.6 Å². The van der Waals surface area contributed by atoms with Gasteiger partial charge in [0.15, 0.2) is 5.17 Å². The van der Waals surface area contributed by atoms with Gasteiger partial charge in [-0.05, 0) is 25.1 Å². The Kier molecular flexibility index (Phi) is 3.17. The molecule has 1 aromatic rings. The van der Waals surface area contributed by atoms with E-state index in [1.54, 1.807) is 23.9 Å². The molecule has 1 unspecified atom stereocenters. The van der Waals surface area contributed by atoms with Gasteiger partial charge in [0.25, 0.3) is 0 Å². The second-order valence-corrected chi connectivity index (χ2v) is 4.79. The van der Waals surface area contributed by atoms with Gasteiger partial charge in [0.2, 0.25) is 0 Å². The molecule has 0 saturated heterocycles. The smallest absolute Gasteiger partial charge is 0.161 e. The first-order valence-corrected chi connectivity index (χ1v) is 5.94. The number of nitrogens with zero attached hydrogens (tertiary/aromatic N) is 1. The van der Waals surface area contributed by atoms with Crippen LogP contribution in [0, 0.1) is 5.82 Å². The molecule has 1 N–H and O–H groups in total. The van der Waals surface area contributed by atoms with E-state index in [-0.39, 0.29) is 5.82 Å². The summed E-state index contributed by atoms with van der Waals surface area (Å²) in [4.78, 5) is 4.32. The van der Waals surface area contributed by atoms with Crippen molar-refractivity contribution in [2.45, 2.75) is 13.0 Å². The van der Waals surface area contributed by atoms with Gasteiger partial charge >= 0.3 is 0 Å². The lowest BCUT2D eigenvalue weighted by Crippen LogP contribution is -2.06. The largest absolute Gasteiger partial charge is 0.333 e. The SMILES string of the molecule is CC1CSC(Nc2ccc(Cl)cc2F)=N1. The molecular weight excluding hydrogens is 235 g/mol. The number of halogens is 2. The standard InChI is InChI=1S/C10H10ClFN2S/c1-6-5-15-10(13-6)14-9-3-2-7(11)4-8(9)12/h2-4,6H,5H2,1H3,(H,13,14). The van der Waals surface area contributed by atoms with Crippen molar-refractivity contribution in [2.24, 2.45) is 4.99 Å². The van der Waals surface area contributed by atoms with E-state index < -0.39 is 0 Å². The number of hydrogen-bond acceptors (Lipinski definition) is 3. The maximum Gasteiger partial charge on any atom is 0.161 e. The summed E-state index contributed by atoms with van der Waals surface area (Å²) < 4.78 is 13.4. The van der Waals surface area contributed by atoms with Crippen LogP contribution >= 0.6 is 23.4 Å². The Bertz CT molecular complexity index is 408. The predicted molar refractivity (Wildman–Crippen MR) is 64.4 cm³/mol. The summed E-state index contributed by atoms with van der Waals surface area (Å²) in [5.74, 6) is 0.586. The van der Waals surface area contributed by atoms with Crippen LogP contribution < -0.4 is 5.32 Å². The fourth-order valence-corrected chi connectivity index (χ4v) is 2.32. The lowest BCUT2D eigenvalue weighted by Gasteiger charge is -2.05. The zero-order chi connectivity index (χ0) is 10.8. The number of thioether (sulfide) groups is 1. The van der Waals surface area contributed by atoms with E-state index in [0.29, 0.717) is 16.8 Å². The molecule has 2 rings (SSSR count). The summed E-state index contributed by atoms with van der Waals surface area (Å²) in [5, 5.41) is 4.11. The van der Waals surface area contributed by atoms with Crippen LogP contribution in [0.5, 0.6) is 0 Å². The number of hydrogen-bond donors (Lipinski definition) is 1. The van der Waals surface area contributed by atoms with Crippen LogP contribution in [0.25, 0.3) is 0 Å². The summed E-state index contributed by atoms with van der Waals surface area (Å²) in [5.41, 5.74) is 0.416. The van der Waals surface area contributed by atoms with Crippen LogP contribution in [0.4, 0.5) is 10.1 Å². The number of rotatable bonds is 1. The zero-order valence-corrected chi connectivity index (χ0v) is 9.70. The van der Waals surface area contributed by atoms with Gasteiger partial charge in [0.1, 0.15) is 5.82 Å². The van der Waals surface area contributed by atoms with Gasteiger partial charge in [-0.1, -0.05) is 23.4 Å². The third-order valence-electron chi connectivity index (χ3n) is 1.97. The minimum Gasteiger partial charge on any atom is -0.333 e. The minimum absolute atomic E-state index is 0.299. The van der Waals surface area contributed by atoms with Crippen LogP contribution in [0.1, 0.15) is 6.92 Å². The molecule has 0 fully saturated rings. The van der Waals surface area contributed by atoms with Crippen LogP contribution in [-0.2, 0) is 0 Å². The average Bonchev–Trinajstić information content (AvgIpc) is 2.56. The van der Waals surface area contributed by atoms with Crippen LogP contribution in [0.3, 0.4) is 0 Å². The molecule has 15 heavy (non-hydrogen) atoms. The fourth-order valence-electron chi connectivity index (χ4n) is 1.25. The third-order valence-corrected chi connectivity index (χ3v) is 3.34. The first-order valence-electron chi connectivity index (χ1n) is 4.58. The van der Waals surface area contributed by atoms with Crippen LogP contribution in [0.15, 0.2) is 23.2 Å². The van der Waals surface area contributed by atoms with Crippen molar-refractivity contribution in [3.63, 3.8) is 0 Å². The summed E-state index contributed by atoms with van der Waals surface area (Å²) in [6, 6.07) is 4.85. The monoisotopic (exact) mass is 244 g/mol. The van der Waals surface area contributed by atoms with E-state index in [0.717, 1.165) is 10.9 Å². The molecule has 0 radical (unpaired) electrons. The van der Waals surface area contributed by atoms with E-state index >= 15 is 0 Å². The molecule has 1 heterocycles. The molecule has 0 saturated carbocycles. The van der Waals surface area contributed by atoms with Gasteiger partial charge < -0.3 is 5.32 Å². The summed E-state index contributed by atoms with van der Waals surface area (Å²) >= 11 is 7.25. The van der Waals surface area contributed by atoms with Crippen LogP contribution in [-0.4, -0.2) is 17.0 Å². The summed E-state index contributed by atoms with van der Waals surface area (Å²) in [7, 11) is 0. The molecule has 0 amide bonds. The maximum absolute atomic E-state index is 13.4. The highest BCUT2D eigenvalue weighted by Crippen LogP contribution is 2.23. The highest BCUT2D eigenvalue weighted by molar-refractivity contribution is 8.14. The lowest BCUT2D eigenvalue weighted by atomic mass is 10.3. The molecule has 2 nitrogen and oxygen atoms in total. The van der Waals surface area contributed by atoms with E-state index in [1.807, 2.05) is 6.92 Å². The second kappa shape index (κ2) is 4.41. The van der Waals surface area contributed by atoms with Crippen LogP contribution in [0.2, 0.25) is 5.02 Å². The Balaban J connectivity index is 2.14. The van der Waals surface area contributed by atoms with Gasteiger partial charge in [-0.25, -0.2) is 4.39 Å². The Morgan fingerprint density at radius 2 is 2.40 bits per heavy atom. The van der Waals surface area contributed by atoms with Gasteiger partial charge in [-0.15, -0.1) is 0 Å². The van der Waals surface area contributed by atoms with Crippen molar-refractivity contribution < 1.29 is 4.39 Å². The van der Waals surface area contributed by atoms with Gasteiger partial charge in [-0.3, -0.25) is 4.99 Å². The van der Waals surface area contributed by atoms with Crippen molar-refractivity contribution in [1.29, 1.82) is 0 Å². The van der Waals surface area contributed by atoms with Crippen molar-refractivity contribution in [1.82, 2.24) is 0 Å². The van der Waals surface area contributed by atoms with Crippen molar-refractivity contribution in [3.05, 3.63) is 29.0 Å². The Labute approximate surface area is 96.9 Å². The first kappa shape index (κ1) is 10.8. The predicted octanol–water partition coefficient (Wildman–Crippen LogP) is 3.38. The molecule has 0 bridgehead atoms. The molecule has 1 aromatic carbocycles. The van der Waals surface area contributed by atoms with Crippen molar-refractivity contribution in [2.75, 3.05) is 11.1 Å².